The Kier molecular flexibility index (Phi) is 6.61. The summed E-state index contributed by atoms with van der Waals surface area (Å²) in [5, 5.41) is 10.4. The number of carbonyl (C=O) groups excluding carboxylic acids is 1. The first-order valence-electron chi connectivity index (χ1n) is 9.56. The summed E-state index contributed by atoms with van der Waals surface area (Å²) in [5.74, 6) is -0.0585. The second-order valence-corrected chi connectivity index (χ2v) is 7.08. The number of carbonyl (C=O) groups is 1. The molecule has 0 saturated heterocycles. The smallest absolute Gasteiger partial charge is 0.251 e. The zero-order chi connectivity index (χ0) is 19.9. The number of H-pyrrole nitrogens is 1. The van der Waals surface area contributed by atoms with Gasteiger partial charge in [0.2, 0.25) is 0 Å². The standard InChI is InChI=1S/C23H27N3O2/c1-16(12-13-18-8-5-4-6-9-18)24-23(27)20-11-7-10-19(14-20)22-17(2)25-26-21(22)15-28-3/h4-11,14,16H,12-13,15H2,1-3H3,(H,24,27)(H,25,26)/t16-/m0/s1. The summed E-state index contributed by atoms with van der Waals surface area (Å²) in [7, 11) is 1.65. The number of nitrogens with zero attached hydrogens (tertiary/aromatic N) is 1. The predicted octanol–water partition coefficient (Wildman–Crippen LogP) is 4.28. The fourth-order valence-electron chi connectivity index (χ4n) is 3.33. The first-order chi connectivity index (χ1) is 13.6. The molecule has 0 bridgehead atoms. The van der Waals surface area contributed by atoms with Gasteiger partial charge in [-0.05, 0) is 49.9 Å². The first kappa shape index (κ1) is 19.8. The summed E-state index contributed by atoms with van der Waals surface area (Å²) in [6.45, 7) is 4.44. The van der Waals surface area contributed by atoms with Gasteiger partial charge in [-0.2, -0.15) is 5.10 Å². The van der Waals surface area contributed by atoms with E-state index >= 15 is 0 Å². The molecule has 0 radical (unpaired) electrons. The van der Waals surface area contributed by atoms with Crippen molar-refractivity contribution in [1.82, 2.24) is 15.5 Å². The number of nitrogens with one attached hydrogen (secondary N) is 2. The second kappa shape index (κ2) is 9.33. The topological polar surface area (TPSA) is 67.0 Å². The molecule has 1 heterocycles. The Bertz CT molecular complexity index is 919. The Balaban J connectivity index is 1.68. The minimum absolute atomic E-state index is 0.0585. The largest absolute Gasteiger partial charge is 0.378 e. The van der Waals surface area contributed by atoms with E-state index in [0.29, 0.717) is 12.2 Å². The van der Waals surface area contributed by atoms with Crippen LogP contribution in [0, 0.1) is 6.92 Å². The van der Waals surface area contributed by atoms with Crippen LogP contribution in [0.1, 0.15) is 40.7 Å². The fourth-order valence-corrected chi connectivity index (χ4v) is 3.33. The van der Waals surface area contributed by atoms with E-state index in [1.165, 1.54) is 5.56 Å². The van der Waals surface area contributed by atoms with Crippen LogP contribution in [-0.4, -0.2) is 29.3 Å². The lowest BCUT2D eigenvalue weighted by atomic mass is 10.0. The molecule has 0 unspecified atom stereocenters. The minimum atomic E-state index is -0.0585. The summed E-state index contributed by atoms with van der Waals surface area (Å²) in [5.41, 5.74) is 5.69. The summed E-state index contributed by atoms with van der Waals surface area (Å²) in [6.07, 6.45) is 1.84. The van der Waals surface area contributed by atoms with Gasteiger partial charge in [0.05, 0.1) is 12.3 Å². The molecule has 0 aliphatic heterocycles. The van der Waals surface area contributed by atoms with Crippen molar-refractivity contribution in [2.45, 2.75) is 39.3 Å². The molecule has 1 amide bonds. The third-order valence-electron chi connectivity index (χ3n) is 4.80. The predicted molar refractivity (Wildman–Crippen MR) is 111 cm³/mol. The van der Waals surface area contributed by atoms with Gasteiger partial charge in [0.15, 0.2) is 0 Å². The number of aromatic nitrogens is 2. The number of ether oxygens (including phenoxy) is 1. The summed E-state index contributed by atoms with van der Waals surface area (Å²) in [4.78, 5) is 12.7. The molecule has 0 saturated carbocycles. The highest BCUT2D eigenvalue weighted by Crippen LogP contribution is 2.27. The molecule has 2 N–H and O–H groups in total. The van der Waals surface area contributed by atoms with Gasteiger partial charge in [-0.25, -0.2) is 0 Å². The van der Waals surface area contributed by atoms with Crippen LogP contribution in [0.25, 0.3) is 11.1 Å². The van der Waals surface area contributed by atoms with Crippen LogP contribution >= 0.6 is 0 Å². The summed E-state index contributed by atoms with van der Waals surface area (Å²) < 4.78 is 5.24. The Hall–Kier alpha value is -2.92. The normalized spacial score (nSPS) is 12.0. The molecule has 28 heavy (non-hydrogen) atoms. The lowest BCUT2D eigenvalue weighted by Crippen LogP contribution is -2.32. The first-order valence-corrected chi connectivity index (χ1v) is 9.56. The molecular weight excluding hydrogens is 350 g/mol. The van der Waals surface area contributed by atoms with Crippen LogP contribution < -0.4 is 5.32 Å². The summed E-state index contributed by atoms with van der Waals surface area (Å²) in [6, 6.07) is 18.1. The average molecular weight is 377 g/mol. The van der Waals surface area contributed by atoms with Gasteiger partial charge in [0.25, 0.3) is 5.91 Å². The zero-order valence-electron chi connectivity index (χ0n) is 16.7. The van der Waals surface area contributed by atoms with Crippen molar-refractivity contribution in [3.8, 4) is 11.1 Å². The molecule has 1 atom stereocenters. The van der Waals surface area contributed by atoms with Crippen LogP contribution in [0.4, 0.5) is 0 Å². The molecule has 1 aromatic heterocycles. The molecule has 0 fully saturated rings. The van der Waals surface area contributed by atoms with Crippen LogP contribution in [0.2, 0.25) is 0 Å². The molecule has 146 valence electrons. The van der Waals surface area contributed by atoms with Gasteiger partial charge in [0, 0.05) is 30.0 Å². The Labute approximate surface area is 166 Å². The molecular formula is C23H27N3O2. The van der Waals surface area contributed by atoms with E-state index < -0.39 is 0 Å². The minimum Gasteiger partial charge on any atom is -0.378 e. The van der Waals surface area contributed by atoms with Crippen LogP contribution in [-0.2, 0) is 17.8 Å². The van der Waals surface area contributed by atoms with Gasteiger partial charge in [-0.3, -0.25) is 9.89 Å². The monoisotopic (exact) mass is 377 g/mol. The van der Waals surface area contributed by atoms with E-state index in [0.717, 1.165) is 35.4 Å². The highest BCUT2D eigenvalue weighted by atomic mass is 16.5. The molecule has 3 aromatic rings. The lowest BCUT2D eigenvalue weighted by molar-refractivity contribution is 0.0938. The number of rotatable bonds is 8. The third kappa shape index (κ3) is 4.87. The molecule has 2 aromatic carbocycles. The number of aryl methyl sites for hydroxylation is 2. The maximum absolute atomic E-state index is 12.7. The van der Waals surface area contributed by atoms with Gasteiger partial charge in [-0.15, -0.1) is 0 Å². The highest BCUT2D eigenvalue weighted by Gasteiger charge is 2.15. The van der Waals surface area contributed by atoms with Crippen molar-refractivity contribution in [1.29, 1.82) is 0 Å². The van der Waals surface area contributed by atoms with Crippen molar-refractivity contribution in [3.63, 3.8) is 0 Å². The maximum Gasteiger partial charge on any atom is 0.251 e. The van der Waals surface area contributed by atoms with E-state index in [-0.39, 0.29) is 11.9 Å². The van der Waals surface area contributed by atoms with Crippen molar-refractivity contribution in [2.75, 3.05) is 7.11 Å². The van der Waals surface area contributed by atoms with Crippen LogP contribution in [0.3, 0.4) is 0 Å². The van der Waals surface area contributed by atoms with Crippen molar-refractivity contribution >= 4 is 5.91 Å². The fraction of sp³-hybridized carbons (Fsp3) is 0.304. The van der Waals surface area contributed by atoms with Crippen molar-refractivity contribution < 1.29 is 9.53 Å². The van der Waals surface area contributed by atoms with E-state index in [2.05, 4.69) is 27.6 Å². The third-order valence-corrected chi connectivity index (χ3v) is 4.80. The Morgan fingerprint density at radius 3 is 2.71 bits per heavy atom. The number of benzene rings is 2. The number of amides is 1. The molecule has 5 heteroatoms. The molecule has 3 rings (SSSR count). The zero-order valence-corrected chi connectivity index (χ0v) is 16.7. The van der Waals surface area contributed by atoms with Gasteiger partial charge >= 0.3 is 0 Å². The van der Waals surface area contributed by atoms with Crippen molar-refractivity contribution in [2.24, 2.45) is 0 Å². The van der Waals surface area contributed by atoms with E-state index in [9.17, 15) is 4.79 Å². The van der Waals surface area contributed by atoms with Crippen LogP contribution in [0.5, 0.6) is 0 Å². The van der Waals surface area contributed by atoms with E-state index in [1.54, 1.807) is 7.11 Å². The average Bonchev–Trinajstić information content (AvgIpc) is 3.08. The quantitative estimate of drug-likeness (QED) is 0.616. The van der Waals surface area contributed by atoms with Crippen LogP contribution in [0.15, 0.2) is 54.6 Å². The SMILES string of the molecule is COCc1n[nH]c(C)c1-c1cccc(C(=O)N[C@@H](C)CCc2ccccc2)c1. The van der Waals surface area contributed by atoms with Gasteiger partial charge < -0.3 is 10.1 Å². The molecule has 0 spiro atoms. The van der Waals surface area contributed by atoms with Crippen molar-refractivity contribution in [3.05, 3.63) is 77.1 Å². The highest BCUT2D eigenvalue weighted by molar-refractivity contribution is 5.95. The van der Waals surface area contributed by atoms with E-state index in [4.69, 9.17) is 4.74 Å². The molecule has 0 aliphatic carbocycles. The number of aromatic amines is 1. The number of hydrogen-bond acceptors (Lipinski definition) is 3. The molecule has 5 nitrogen and oxygen atoms in total. The Morgan fingerprint density at radius 2 is 1.96 bits per heavy atom. The lowest BCUT2D eigenvalue weighted by Gasteiger charge is -2.14. The maximum atomic E-state index is 12.7. The molecule has 0 aliphatic rings. The summed E-state index contributed by atoms with van der Waals surface area (Å²) >= 11 is 0. The second-order valence-electron chi connectivity index (χ2n) is 7.08. The number of hydrogen-bond donors (Lipinski definition) is 2. The van der Waals surface area contributed by atoms with E-state index in [1.807, 2.05) is 56.3 Å². The van der Waals surface area contributed by atoms with Gasteiger partial charge in [0.1, 0.15) is 0 Å². The van der Waals surface area contributed by atoms with Gasteiger partial charge in [-0.1, -0.05) is 42.5 Å². The Morgan fingerprint density at radius 1 is 1.18 bits per heavy atom. The number of methoxy groups -OCH3 is 1.